The van der Waals surface area contributed by atoms with Crippen LogP contribution in [0, 0.1) is 0 Å². The van der Waals surface area contributed by atoms with E-state index in [2.05, 4.69) is 11.6 Å². The Morgan fingerprint density at radius 2 is 1.88 bits per heavy atom. The first-order chi connectivity index (χ1) is 15.7. The van der Waals surface area contributed by atoms with Gasteiger partial charge < -0.3 is 9.64 Å². The predicted octanol–water partition coefficient (Wildman–Crippen LogP) is 4.40. The van der Waals surface area contributed by atoms with Crippen LogP contribution < -0.4 is 0 Å². The summed E-state index contributed by atoms with van der Waals surface area (Å²) in [7, 11) is 0. The Bertz CT molecular complexity index is 1290. The molecule has 0 spiro atoms. The van der Waals surface area contributed by atoms with Crippen LogP contribution in [0.4, 0.5) is 17.6 Å². The summed E-state index contributed by atoms with van der Waals surface area (Å²) >= 11 is 0. The number of likely N-dealkylation sites (tertiary alicyclic amines) is 1. The third-order valence-electron chi connectivity index (χ3n) is 5.85. The summed E-state index contributed by atoms with van der Waals surface area (Å²) < 4.78 is 59.5. The van der Waals surface area contributed by atoms with Crippen LogP contribution >= 0.6 is 0 Å². The number of rotatable bonds is 4. The van der Waals surface area contributed by atoms with Gasteiger partial charge in [-0.3, -0.25) is 14.5 Å². The van der Waals surface area contributed by atoms with Crippen molar-refractivity contribution in [3.05, 3.63) is 66.1 Å². The quantitative estimate of drug-likeness (QED) is 0.430. The fourth-order valence-corrected chi connectivity index (χ4v) is 4.12. The normalized spacial score (nSPS) is 16.7. The number of ether oxygens (including phenoxy) is 1. The first-order valence-electron chi connectivity index (χ1n) is 10.2. The number of halogens is 4. The van der Waals surface area contributed by atoms with Crippen molar-refractivity contribution in [2.24, 2.45) is 0 Å². The van der Waals surface area contributed by atoms with E-state index in [1.807, 2.05) is 12.1 Å². The van der Waals surface area contributed by atoms with E-state index in [4.69, 9.17) is 9.84 Å². The molecule has 0 aliphatic carbocycles. The van der Waals surface area contributed by atoms with Gasteiger partial charge in [0, 0.05) is 30.4 Å². The topological polar surface area (TPSA) is 60.2 Å². The summed E-state index contributed by atoms with van der Waals surface area (Å²) in [4.78, 5) is 17.7. The predicted molar refractivity (Wildman–Crippen MR) is 113 cm³/mol. The van der Waals surface area contributed by atoms with Gasteiger partial charge >= 0.3 is 6.18 Å². The van der Waals surface area contributed by atoms with Gasteiger partial charge in [-0.15, -0.1) is 0 Å². The van der Waals surface area contributed by atoms with Crippen molar-refractivity contribution >= 4 is 22.5 Å². The van der Waals surface area contributed by atoms with Gasteiger partial charge in [0.2, 0.25) is 0 Å². The molecule has 10 heteroatoms. The summed E-state index contributed by atoms with van der Waals surface area (Å²) in [6.45, 7) is 4.40. The highest BCUT2D eigenvalue weighted by Crippen LogP contribution is 2.37. The Labute approximate surface area is 185 Å². The number of aromatic nitrogens is 3. The van der Waals surface area contributed by atoms with Crippen LogP contribution in [-0.4, -0.2) is 51.9 Å². The molecule has 2 aliphatic heterocycles. The van der Waals surface area contributed by atoms with Gasteiger partial charge in [0.25, 0.3) is 5.91 Å². The number of alkyl halides is 3. The van der Waals surface area contributed by atoms with E-state index in [-0.39, 0.29) is 19.1 Å². The van der Waals surface area contributed by atoms with Crippen molar-refractivity contribution < 1.29 is 27.1 Å². The fourth-order valence-electron chi connectivity index (χ4n) is 4.12. The van der Waals surface area contributed by atoms with E-state index in [0.29, 0.717) is 35.5 Å². The van der Waals surface area contributed by atoms with E-state index < -0.39 is 23.5 Å². The standard InChI is InChI=1S/C23H18F4N4O2/c1-13(24)22(32)30-10-17(11-30)31-21-18(15-7-9-33-12-15)6-8-28-20(21)19(29-31)14-2-4-16(5-3-14)23(25,26)27/h2-8,17H,1,9-12H2. The average Bonchev–Trinajstić information content (AvgIpc) is 3.41. The zero-order valence-electron chi connectivity index (χ0n) is 17.3. The largest absolute Gasteiger partial charge is 0.416 e. The SMILES string of the molecule is C=C(F)C(=O)N1CC(n2nc(-c3ccc(C(F)(F)F)cc3)c3nccc(C4=CCOC4)c32)C1. The Balaban J connectivity index is 1.61. The number of hydrogen-bond donors (Lipinski definition) is 0. The summed E-state index contributed by atoms with van der Waals surface area (Å²) in [5, 5.41) is 4.69. The van der Waals surface area contributed by atoms with Gasteiger partial charge in [0.05, 0.1) is 30.3 Å². The molecule has 1 fully saturated rings. The number of carbonyl (C=O) groups is 1. The Kier molecular flexibility index (Phi) is 5.04. The molecule has 0 N–H and O–H groups in total. The van der Waals surface area contributed by atoms with Crippen LogP contribution in [0.25, 0.3) is 27.9 Å². The lowest BCUT2D eigenvalue weighted by Crippen LogP contribution is -2.51. The highest BCUT2D eigenvalue weighted by atomic mass is 19.4. The molecule has 33 heavy (non-hydrogen) atoms. The van der Waals surface area contributed by atoms with Crippen LogP contribution in [-0.2, 0) is 15.7 Å². The second-order valence-electron chi connectivity index (χ2n) is 7.94. The van der Waals surface area contributed by atoms with Crippen molar-refractivity contribution in [3.8, 4) is 11.3 Å². The third kappa shape index (κ3) is 3.70. The lowest BCUT2D eigenvalue weighted by molar-refractivity contribution is -0.137. The molecule has 0 unspecified atom stereocenters. The molecular weight excluding hydrogens is 440 g/mol. The van der Waals surface area contributed by atoms with Crippen molar-refractivity contribution in [1.29, 1.82) is 0 Å². The molecule has 1 saturated heterocycles. The molecular formula is C23H18F4N4O2. The van der Waals surface area contributed by atoms with Gasteiger partial charge in [-0.1, -0.05) is 24.8 Å². The highest BCUT2D eigenvalue weighted by molar-refractivity contribution is 5.97. The van der Waals surface area contributed by atoms with E-state index in [1.165, 1.54) is 17.0 Å². The molecule has 170 valence electrons. The first kappa shape index (κ1) is 21.3. The third-order valence-corrected chi connectivity index (χ3v) is 5.85. The molecule has 3 aromatic rings. The molecule has 4 heterocycles. The number of benzene rings is 1. The minimum absolute atomic E-state index is 0.231. The van der Waals surface area contributed by atoms with E-state index in [0.717, 1.165) is 23.3 Å². The maximum absolute atomic E-state index is 13.2. The van der Waals surface area contributed by atoms with Crippen LogP contribution in [0.3, 0.4) is 0 Å². The zero-order chi connectivity index (χ0) is 23.3. The molecule has 0 bridgehead atoms. The highest BCUT2D eigenvalue weighted by Gasteiger charge is 2.36. The monoisotopic (exact) mass is 458 g/mol. The minimum atomic E-state index is -4.44. The molecule has 0 saturated carbocycles. The maximum atomic E-state index is 13.2. The van der Waals surface area contributed by atoms with Gasteiger partial charge in [0.1, 0.15) is 11.2 Å². The summed E-state index contributed by atoms with van der Waals surface area (Å²) in [5.41, 5.74) is 3.18. The molecule has 1 amide bonds. The summed E-state index contributed by atoms with van der Waals surface area (Å²) in [6, 6.07) is 6.34. The van der Waals surface area contributed by atoms with E-state index in [1.54, 1.807) is 10.9 Å². The molecule has 5 rings (SSSR count). The second kappa shape index (κ2) is 7.80. The Morgan fingerprint density at radius 1 is 1.15 bits per heavy atom. The second-order valence-corrected chi connectivity index (χ2v) is 7.94. The van der Waals surface area contributed by atoms with Crippen molar-refractivity contribution in [2.45, 2.75) is 12.2 Å². The van der Waals surface area contributed by atoms with Crippen molar-refractivity contribution in [1.82, 2.24) is 19.7 Å². The number of amides is 1. The average molecular weight is 458 g/mol. The van der Waals surface area contributed by atoms with Gasteiger partial charge in [-0.2, -0.15) is 18.3 Å². The van der Waals surface area contributed by atoms with Crippen molar-refractivity contribution in [2.75, 3.05) is 26.3 Å². The molecule has 2 aliphatic rings. The van der Waals surface area contributed by atoms with E-state index >= 15 is 0 Å². The number of fused-ring (bicyclic) bond motifs is 1. The van der Waals surface area contributed by atoms with Gasteiger partial charge in [0.15, 0.2) is 5.83 Å². The molecule has 6 nitrogen and oxygen atoms in total. The molecule has 1 aromatic carbocycles. The minimum Gasteiger partial charge on any atom is -0.373 e. The van der Waals surface area contributed by atoms with Gasteiger partial charge in [-0.25, -0.2) is 4.39 Å². The summed E-state index contributed by atoms with van der Waals surface area (Å²) in [5.74, 6) is -1.80. The zero-order valence-corrected chi connectivity index (χ0v) is 17.3. The van der Waals surface area contributed by atoms with Crippen LogP contribution in [0.5, 0.6) is 0 Å². The van der Waals surface area contributed by atoms with E-state index in [9.17, 15) is 22.4 Å². The number of carbonyl (C=O) groups excluding carboxylic acids is 1. The lowest BCUT2D eigenvalue weighted by atomic mass is 10.0. The number of pyridine rings is 1. The van der Waals surface area contributed by atoms with Gasteiger partial charge in [-0.05, 0) is 23.8 Å². The lowest BCUT2D eigenvalue weighted by Gasteiger charge is -2.39. The fraction of sp³-hybridized carbons (Fsp3) is 0.261. The van der Waals surface area contributed by atoms with Crippen molar-refractivity contribution in [3.63, 3.8) is 0 Å². The number of nitrogens with zero attached hydrogens (tertiary/aromatic N) is 4. The Morgan fingerprint density at radius 3 is 2.48 bits per heavy atom. The maximum Gasteiger partial charge on any atom is 0.416 e. The molecule has 0 radical (unpaired) electrons. The van der Waals surface area contributed by atoms with Crippen LogP contribution in [0.15, 0.2) is 55.0 Å². The molecule has 2 aromatic heterocycles. The summed E-state index contributed by atoms with van der Waals surface area (Å²) in [6.07, 6.45) is -0.865. The first-order valence-corrected chi connectivity index (χ1v) is 10.2. The number of hydrogen-bond acceptors (Lipinski definition) is 4. The van der Waals surface area contributed by atoms with Crippen LogP contribution in [0.2, 0.25) is 0 Å². The molecule has 0 atom stereocenters. The van der Waals surface area contributed by atoms with Crippen LogP contribution in [0.1, 0.15) is 17.2 Å². The smallest absolute Gasteiger partial charge is 0.373 e. The Hall–Kier alpha value is -3.53.